The highest BCUT2D eigenvalue weighted by atomic mass is 32.2. The van der Waals surface area contributed by atoms with Crippen LogP contribution in [0.2, 0.25) is 0 Å². The van der Waals surface area contributed by atoms with E-state index in [1.165, 1.54) is 0 Å². The van der Waals surface area contributed by atoms with Crippen LogP contribution in [0, 0.1) is 0 Å². The van der Waals surface area contributed by atoms with Crippen LogP contribution in [0.1, 0.15) is 35.7 Å². The predicted molar refractivity (Wildman–Crippen MR) is 112 cm³/mol. The molecule has 1 aromatic rings. The van der Waals surface area contributed by atoms with Crippen LogP contribution in [-0.4, -0.2) is 70.1 Å². The van der Waals surface area contributed by atoms with Gasteiger partial charge in [0.15, 0.2) is 5.96 Å². The third-order valence-corrected chi connectivity index (χ3v) is 6.78. The fourth-order valence-corrected chi connectivity index (χ4v) is 4.32. The summed E-state index contributed by atoms with van der Waals surface area (Å²) in [4.78, 5) is 16.0. The van der Waals surface area contributed by atoms with Gasteiger partial charge in [-0.2, -0.15) is 0 Å². The molecule has 0 aromatic heterocycles. The number of aliphatic imine (C=N–C) groups is 1. The van der Waals surface area contributed by atoms with Gasteiger partial charge < -0.3 is 16.0 Å². The molecule has 0 atom stereocenters. The van der Waals surface area contributed by atoms with Crippen molar-refractivity contribution in [1.29, 1.82) is 0 Å². The second kappa shape index (κ2) is 10.4. The van der Waals surface area contributed by atoms with Crippen molar-refractivity contribution in [2.45, 2.75) is 32.2 Å². The number of hydrogen-bond donors (Lipinski definition) is 3. The van der Waals surface area contributed by atoms with Gasteiger partial charge in [0.1, 0.15) is 0 Å². The highest BCUT2D eigenvalue weighted by molar-refractivity contribution is 7.89. The van der Waals surface area contributed by atoms with Crippen LogP contribution in [0.5, 0.6) is 0 Å². The van der Waals surface area contributed by atoms with Gasteiger partial charge in [-0.25, -0.2) is 12.7 Å². The Morgan fingerprint density at radius 1 is 1.29 bits per heavy atom. The molecular formula is C19H31N5O3S. The third kappa shape index (κ3) is 6.20. The second-order valence-corrected chi connectivity index (χ2v) is 9.00. The van der Waals surface area contributed by atoms with Crippen molar-refractivity contribution in [3.63, 3.8) is 0 Å². The van der Waals surface area contributed by atoms with Gasteiger partial charge in [-0.05, 0) is 43.9 Å². The molecule has 1 aromatic carbocycles. The average molecular weight is 410 g/mol. The first-order valence-corrected chi connectivity index (χ1v) is 11.3. The number of sulfonamides is 1. The fourth-order valence-electron chi connectivity index (χ4n) is 3.19. The van der Waals surface area contributed by atoms with Crippen LogP contribution in [-0.2, 0) is 16.4 Å². The molecule has 1 saturated heterocycles. The fraction of sp³-hybridized carbons (Fsp3) is 0.579. The van der Waals surface area contributed by atoms with Gasteiger partial charge in [0, 0.05) is 45.3 Å². The highest BCUT2D eigenvalue weighted by Gasteiger charge is 2.26. The maximum absolute atomic E-state index is 11.9. The summed E-state index contributed by atoms with van der Waals surface area (Å²) < 4.78 is 25.5. The Morgan fingerprint density at radius 3 is 2.61 bits per heavy atom. The van der Waals surface area contributed by atoms with E-state index in [4.69, 9.17) is 0 Å². The first kappa shape index (κ1) is 22.2. The van der Waals surface area contributed by atoms with Crippen molar-refractivity contribution in [2.24, 2.45) is 4.99 Å². The van der Waals surface area contributed by atoms with E-state index in [1.807, 2.05) is 18.2 Å². The summed E-state index contributed by atoms with van der Waals surface area (Å²) in [6, 6.07) is 7.76. The molecule has 28 heavy (non-hydrogen) atoms. The SMILES string of the molecule is CCS(=O)(=O)N1CCC(NC(=NC)NCCc2cccc(C(=O)NC)c2)CC1. The minimum atomic E-state index is -3.10. The van der Waals surface area contributed by atoms with E-state index in [9.17, 15) is 13.2 Å². The van der Waals surface area contributed by atoms with Gasteiger partial charge in [0.25, 0.3) is 5.91 Å². The van der Waals surface area contributed by atoms with Crippen molar-refractivity contribution >= 4 is 21.9 Å². The lowest BCUT2D eigenvalue weighted by Gasteiger charge is -2.32. The van der Waals surface area contributed by atoms with E-state index in [0.717, 1.165) is 24.8 Å². The van der Waals surface area contributed by atoms with Gasteiger partial charge in [0.2, 0.25) is 10.0 Å². The predicted octanol–water partition coefficient (Wildman–Crippen LogP) is 0.568. The zero-order chi connectivity index (χ0) is 20.6. The zero-order valence-corrected chi connectivity index (χ0v) is 17.7. The summed E-state index contributed by atoms with van der Waals surface area (Å²) in [6.45, 7) is 3.43. The summed E-state index contributed by atoms with van der Waals surface area (Å²) in [6.07, 6.45) is 2.28. The monoisotopic (exact) mass is 409 g/mol. The maximum Gasteiger partial charge on any atom is 0.251 e. The molecule has 3 N–H and O–H groups in total. The number of amides is 1. The summed E-state index contributed by atoms with van der Waals surface area (Å²) in [5.74, 6) is 0.762. The topological polar surface area (TPSA) is 103 Å². The van der Waals surface area contributed by atoms with E-state index in [0.29, 0.717) is 31.2 Å². The summed E-state index contributed by atoms with van der Waals surface area (Å²) in [7, 11) is 0.236. The molecule has 0 bridgehead atoms. The van der Waals surface area contributed by atoms with Gasteiger partial charge >= 0.3 is 0 Å². The Kier molecular flexibility index (Phi) is 8.25. The van der Waals surface area contributed by atoms with Gasteiger partial charge in [0.05, 0.1) is 5.75 Å². The Labute approximate surface area is 167 Å². The zero-order valence-electron chi connectivity index (χ0n) is 16.9. The van der Waals surface area contributed by atoms with Crippen molar-refractivity contribution in [2.75, 3.05) is 39.5 Å². The van der Waals surface area contributed by atoms with E-state index >= 15 is 0 Å². The number of rotatable bonds is 7. The van der Waals surface area contributed by atoms with Gasteiger partial charge in [-0.15, -0.1) is 0 Å². The molecule has 1 aliphatic heterocycles. The van der Waals surface area contributed by atoms with Gasteiger partial charge in [-0.3, -0.25) is 9.79 Å². The van der Waals surface area contributed by atoms with Crippen LogP contribution < -0.4 is 16.0 Å². The molecule has 1 amide bonds. The highest BCUT2D eigenvalue weighted by Crippen LogP contribution is 2.14. The lowest BCUT2D eigenvalue weighted by atomic mass is 10.1. The first-order chi connectivity index (χ1) is 13.4. The first-order valence-electron chi connectivity index (χ1n) is 9.65. The molecule has 0 aliphatic carbocycles. The lowest BCUT2D eigenvalue weighted by molar-refractivity contribution is 0.0963. The van der Waals surface area contributed by atoms with E-state index in [1.54, 1.807) is 31.4 Å². The minimum absolute atomic E-state index is 0.0938. The van der Waals surface area contributed by atoms with Gasteiger partial charge in [-0.1, -0.05) is 12.1 Å². The van der Waals surface area contributed by atoms with Crippen molar-refractivity contribution in [1.82, 2.24) is 20.3 Å². The number of nitrogens with one attached hydrogen (secondary N) is 3. The number of carbonyl (C=O) groups is 1. The average Bonchev–Trinajstić information content (AvgIpc) is 2.73. The molecule has 156 valence electrons. The Balaban J connectivity index is 1.79. The molecule has 1 heterocycles. The summed E-state index contributed by atoms with van der Waals surface area (Å²) in [5.41, 5.74) is 1.72. The van der Waals surface area contributed by atoms with Crippen LogP contribution >= 0.6 is 0 Å². The molecule has 0 radical (unpaired) electrons. The van der Waals surface area contributed by atoms with E-state index < -0.39 is 10.0 Å². The molecule has 0 unspecified atom stereocenters. The van der Waals surface area contributed by atoms with Crippen LogP contribution in [0.25, 0.3) is 0 Å². The van der Waals surface area contributed by atoms with Crippen LogP contribution in [0.4, 0.5) is 0 Å². The number of benzene rings is 1. The Bertz CT molecular complexity index is 787. The minimum Gasteiger partial charge on any atom is -0.356 e. The smallest absolute Gasteiger partial charge is 0.251 e. The number of guanidine groups is 1. The third-order valence-electron chi connectivity index (χ3n) is 4.90. The van der Waals surface area contributed by atoms with Crippen molar-refractivity contribution in [3.8, 4) is 0 Å². The molecule has 8 nitrogen and oxygen atoms in total. The largest absolute Gasteiger partial charge is 0.356 e. The number of carbonyl (C=O) groups excluding carboxylic acids is 1. The van der Waals surface area contributed by atoms with Crippen LogP contribution in [0.15, 0.2) is 29.3 Å². The summed E-state index contributed by atoms with van der Waals surface area (Å²) >= 11 is 0. The molecule has 0 spiro atoms. The van der Waals surface area contributed by atoms with Crippen molar-refractivity contribution < 1.29 is 13.2 Å². The molecule has 1 aliphatic rings. The molecule has 1 fully saturated rings. The number of hydrogen-bond acceptors (Lipinski definition) is 4. The summed E-state index contributed by atoms with van der Waals surface area (Å²) in [5, 5.41) is 9.29. The maximum atomic E-state index is 11.9. The lowest BCUT2D eigenvalue weighted by Crippen LogP contribution is -2.50. The number of nitrogens with zero attached hydrogens (tertiary/aromatic N) is 2. The van der Waals surface area contributed by atoms with E-state index in [-0.39, 0.29) is 17.7 Å². The van der Waals surface area contributed by atoms with Crippen LogP contribution in [0.3, 0.4) is 0 Å². The van der Waals surface area contributed by atoms with Crippen molar-refractivity contribution in [3.05, 3.63) is 35.4 Å². The molecule has 2 rings (SSSR count). The second-order valence-electron chi connectivity index (χ2n) is 6.75. The Hall–Kier alpha value is -2.13. The van der Waals surface area contributed by atoms with E-state index in [2.05, 4.69) is 20.9 Å². The molecule has 9 heteroatoms. The molecule has 0 saturated carbocycles. The molecular weight excluding hydrogens is 378 g/mol. The quantitative estimate of drug-likeness (QED) is 0.451. The standard InChI is InChI=1S/C19H31N5O3S/c1-4-28(26,27)24-12-9-17(10-13-24)23-19(21-3)22-11-8-15-6-5-7-16(14-15)18(25)20-2/h5-7,14,17H,4,8-13H2,1-3H3,(H,20,25)(H2,21,22,23). The normalized spacial score (nSPS) is 16.6. The number of piperidine rings is 1. The Morgan fingerprint density at radius 2 is 2.00 bits per heavy atom.